The molecule has 0 fully saturated rings. The van der Waals surface area contributed by atoms with Crippen LogP contribution < -0.4 is 4.90 Å². The average Bonchev–Trinajstić information content (AvgIpc) is 2.43. The summed E-state index contributed by atoms with van der Waals surface area (Å²) < 4.78 is 0. The van der Waals surface area contributed by atoms with Crippen LogP contribution in [0, 0.1) is 5.92 Å². The zero-order chi connectivity index (χ0) is 15.3. The van der Waals surface area contributed by atoms with E-state index in [0.717, 1.165) is 17.7 Å². The number of aryl methyl sites for hydroxylation is 1. The lowest BCUT2D eigenvalue weighted by Crippen LogP contribution is -2.43. The number of rotatable bonds is 7. The van der Waals surface area contributed by atoms with Gasteiger partial charge < -0.3 is 15.1 Å². The second-order valence-corrected chi connectivity index (χ2v) is 4.89. The zero-order valence-electron chi connectivity index (χ0n) is 12.0. The van der Waals surface area contributed by atoms with Gasteiger partial charge in [0.15, 0.2) is 0 Å². The van der Waals surface area contributed by atoms with Crippen molar-refractivity contribution in [3.8, 4) is 0 Å². The highest BCUT2D eigenvalue weighted by atomic mass is 16.4. The molecule has 0 saturated heterocycles. The van der Waals surface area contributed by atoms with Crippen molar-refractivity contribution in [3.63, 3.8) is 0 Å². The van der Waals surface area contributed by atoms with Gasteiger partial charge in [-0.1, -0.05) is 32.0 Å². The van der Waals surface area contributed by atoms with Gasteiger partial charge in [-0.3, -0.25) is 4.79 Å². The number of benzene rings is 1. The summed E-state index contributed by atoms with van der Waals surface area (Å²) in [4.78, 5) is 24.0. The van der Waals surface area contributed by atoms with E-state index in [4.69, 9.17) is 5.11 Å². The van der Waals surface area contributed by atoms with Crippen molar-refractivity contribution in [2.45, 2.75) is 33.2 Å². The Morgan fingerprint density at radius 1 is 1.15 bits per heavy atom. The topological polar surface area (TPSA) is 77.8 Å². The molecule has 1 aromatic carbocycles. The summed E-state index contributed by atoms with van der Waals surface area (Å²) in [5.41, 5.74) is 1.80. The van der Waals surface area contributed by atoms with E-state index in [1.165, 1.54) is 0 Å². The van der Waals surface area contributed by atoms with Crippen LogP contribution in [0.25, 0.3) is 0 Å². The van der Waals surface area contributed by atoms with Gasteiger partial charge in [-0.05, 0) is 25.0 Å². The van der Waals surface area contributed by atoms with E-state index in [1.54, 1.807) is 18.7 Å². The van der Waals surface area contributed by atoms with Crippen molar-refractivity contribution in [2.75, 3.05) is 11.4 Å². The van der Waals surface area contributed by atoms with Crippen LogP contribution in [0.1, 0.15) is 26.3 Å². The van der Waals surface area contributed by atoms with E-state index in [1.807, 2.05) is 31.2 Å². The fraction of sp³-hybridized carbons (Fsp3) is 0.467. The molecular formula is C15H21NO4. The normalized spacial score (nSPS) is 13.6. The SMILES string of the molecule is CCc1ccccc1N(CC(C)C(=O)O)C(C)C(=O)O. The minimum atomic E-state index is -0.964. The van der Waals surface area contributed by atoms with Gasteiger partial charge in [0, 0.05) is 12.2 Å². The van der Waals surface area contributed by atoms with Gasteiger partial charge in [0.1, 0.15) is 6.04 Å². The number of hydrogen-bond donors (Lipinski definition) is 2. The first-order valence-electron chi connectivity index (χ1n) is 6.68. The Bertz CT molecular complexity index is 487. The van der Waals surface area contributed by atoms with Gasteiger partial charge in [0.25, 0.3) is 0 Å². The van der Waals surface area contributed by atoms with E-state index in [-0.39, 0.29) is 6.54 Å². The molecule has 1 rings (SSSR count). The number of carboxylic acids is 2. The molecule has 2 atom stereocenters. The van der Waals surface area contributed by atoms with E-state index < -0.39 is 23.9 Å². The van der Waals surface area contributed by atoms with Crippen LogP contribution >= 0.6 is 0 Å². The minimum Gasteiger partial charge on any atom is -0.481 e. The van der Waals surface area contributed by atoms with Gasteiger partial charge in [-0.25, -0.2) is 4.79 Å². The molecule has 0 aliphatic heterocycles. The Hall–Kier alpha value is -2.04. The van der Waals surface area contributed by atoms with E-state index in [2.05, 4.69) is 0 Å². The molecule has 0 spiro atoms. The fourth-order valence-electron chi connectivity index (χ4n) is 2.06. The van der Waals surface area contributed by atoms with Crippen LogP contribution in [0.3, 0.4) is 0 Å². The van der Waals surface area contributed by atoms with Crippen molar-refractivity contribution in [1.82, 2.24) is 0 Å². The summed E-state index contributed by atoms with van der Waals surface area (Å²) in [5, 5.41) is 18.3. The minimum absolute atomic E-state index is 0.166. The number of carbonyl (C=O) groups is 2. The molecule has 5 nitrogen and oxygen atoms in total. The summed E-state index contributed by atoms with van der Waals surface area (Å²) in [5.74, 6) is -2.53. The largest absolute Gasteiger partial charge is 0.481 e. The number of anilines is 1. The maximum absolute atomic E-state index is 11.3. The Morgan fingerprint density at radius 2 is 1.75 bits per heavy atom. The molecule has 0 radical (unpaired) electrons. The van der Waals surface area contributed by atoms with Crippen molar-refractivity contribution in [2.24, 2.45) is 5.92 Å². The lowest BCUT2D eigenvalue weighted by molar-refractivity contribution is -0.142. The molecule has 110 valence electrons. The van der Waals surface area contributed by atoms with Crippen LogP contribution in [0.2, 0.25) is 0 Å². The van der Waals surface area contributed by atoms with Crippen molar-refractivity contribution in [1.29, 1.82) is 0 Å². The smallest absolute Gasteiger partial charge is 0.326 e. The second-order valence-electron chi connectivity index (χ2n) is 4.89. The average molecular weight is 279 g/mol. The molecule has 0 bridgehead atoms. The fourth-order valence-corrected chi connectivity index (χ4v) is 2.06. The summed E-state index contributed by atoms with van der Waals surface area (Å²) in [7, 11) is 0. The third kappa shape index (κ3) is 3.73. The van der Waals surface area contributed by atoms with Crippen LogP contribution in [-0.2, 0) is 16.0 Å². The lowest BCUT2D eigenvalue weighted by atomic mass is 10.1. The van der Waals surface area contributed by atoms with Crippen LogP contribution in [0.5, 0.6) is 0 Å². The quantitative estimate of drug-likeness (QED) is 0.800. The molecule has 0 saturated carbocycles. The first kappa shape index (κ1) is 16.0. The molecule has 1 aromatic rings. The summed E-state index contributed by atoms with van der Waals surface area (Å²) in [6.07, 6.45) is 0.764. The van der Waals surface area contributed by atoms with Gasteiger partial charge in [0.05, 0.1) is 5.92 Å². The van der Waals surface area contributed by atoms with E-state index in [9.17, 15) is 14.7 Å². The molecule has 0 aliphatic rings. The number of para-hydroxylation sites is 1. The number of carboxylic acid groups (broad SMARTS) is 2. The summed E-state index contributed by atoms with van der Waals surface area (Å²) in [6.45, 7) is 5.31. The first-order chi connectivity index (χ1) is 9.38. The molecule has 0 amide bonds. The monoisotopic (exact) mass is 279 g/mol. The van der Waals surface area contributed by atoms with Crippen molar-refractivity contribution in [3.05, 3.63) is 29.8 Å². The Morgan fingerprint density at radius 3 is 2.25 bits per heavy atom. The molecular weight excluding hydrogens is 258 g/mol. The van der Waals surface area contributed by atoms with Gasteiger partial charge in [0.2, 0.25) is 0 Å². The lowest BCUT2D eigenvalue weighted by Gasteiger charge is -2.31. The number of nitrogens with zero attached hydrogens (tertiary/aromatic N) is 1. The molecule has 2 N–H and O–H groups in total. The summed E-state index contributed by atoms with van der Waals surface area (Å²) >= 11 is 0. The Balaban J connectivity index is 3.16. The number of hydrogen-bond acceptors (Lipinski definition) is 3. The highest BCUT2D eigenvalue weighted by Crippen LogP contribution is 2.24. The molecule has 0 aliphatic carbocycles. The predicted octanol–water partition coefficient (Wildman–Crippen LogP) is 2.25. The Kier molecular flexibility index (Phi) is 5.55. The molecule has 20 heavy (non-hydrogen) atoms. The van der Waals surface area contributed by atoms with E-state index in [0.29, 0.717) is 0 Å². The third-order valence-electron chi connectivity index (χ3n) is 3.40. The zero-order valence-corrected chi connectivity index (χ0v) is 12.0. The van der Waals surface area contributed by atoms with Crippen LogP contribution in [0.15, 0.2) is 24.3 Å². The van der Waals surface area contributed by atoms with E-state index >= 15 is 0 Å². The molecule has 5 heteroatoms. The molecule has 2 unspecified atom stereocenters. The van der Waals surface area contributed by atoms with Gasteiger partial charge in [-0.2, -0.15) is 0 Å². The second kappa shape index (κ2) is 6.93. The molecule has 0 heterocycles. The van der Waals surface area contributed by atoms with Gasteiger partial charge in [-0.15, -0.1) is 0 Å². The maximum Gasteiger partial charge on any atom is 0.326 e. The number of aliphatic carboxylic acids is 2. The van der Waals surface area contributed by atoms with Crippen molar-refractivity contribution >= 4 is 17.6 Å². The summed E-state index contributed by atoms with van der Waals surface area (Å²) in [6, 6.07) is 6.73. The molecule has 0 aromatic heterocycles. The Labute approximate surface area is 118 Å². The highest BCUT2D eigenvalue weighted by molar-refractivity contribution is 5.79. The van der Waals surface area contributed by atoms with Crippen molar-refractivity contribution < 1.29 is 19.8 Å². The van der Waals surface area contributed by atoms with Gasteiger partial charge >= 0.3 is 11.9 Å². The standard InChI is InChI=1S/C15H21NO4/c1-4-12-7-5-6-8-13(12)16(11(3)15(19)20)9-10(2)14(17)18/h5-8,10-11H,4,9H2,1-3H3,(H,17,18)(H,19,20). The third-order valence-corrected chi connectivity index (χ3v) is 3.40. The highest BCUT2D eigenvalue weighted by Gasteiger charge is 2.26. The maximum atomic E-state index is 11.3. The predicted molar refractivity (Wildman–Crippen MR) is 77.1 cm³/mol. The van der Waals surface area contributed by atoms with Crippen LogP contribution in [-0.4, -0.2) is 34.7 Å². The first-order valence-corrected chi connectivity index (χ1v) is 6.68. The van der Waals surface area contributed by atoms with Crippen LogP contribution in [0.4, 0.5) is 5.69 Å².